The van der Waals surface area contributed by atoms with Crippen LogP contribution in [-0.4, -0.2) is 19.3 Å². The summed E-state index contributed by atoms with van der Waals surface area (Å²) in [6, 6.07) is 6.24. The SMILES string of the molecule is COc1cc(Br)ccc1C(NN)C1CCOC2(CCC2)C1. The van der Waals surface area contributed by atoms with Gasteiger partial charge in [0.1, 0.15) is 5.75 Å². The number of ether oxygens (including phenoxy) is 2. The van der Waals surface area contributed by atoms with Gasteiger partial charge in [-0.2, -0.15) is 0 Å². The van der Waals surface area contributed by atoms with Crippen molar-refractivity contribution in [3.63, 3.8) is 0 Å². The number of hydrazine groups is 1. The fourth-order valence-corrected chi connectivity index (χ4v) is 4.03. The van der Waals surface area contributed by atoms with Crippen molar-refractivity contribution < 1.29 is 9.47 Å². The van der Waals surface area contributed by atoms with Crippen LogP contribution in [0.1, 0.15) is 43.7 Å². The van der Waals surface area contributed by atoms with Gasteiger partial charge < -0.3 is 9.47 Å². The molecule has 3 N–H and O–H groups in total. The lowest BCUT2D eigenvalue weighted by atomic mass is 9.69. The summed E-state index contributed by atoms with van der Waals surface area (Å²) in [7, 11) is 1.70. The van der Waals surface area contributed by atoms with E-state index in [-0.39, 0.29) is 11.6 Å². The first-order chi connectivity index (χ1) is 10.2. The highest BCUT2D eigenvalue weighted by atomic mass is 79.9. The Bertz CT molecular complexity index is 505. The summed E-state index contributed by atoms with van der Waals surface area (Å²) < 4.78 is 12.6. The smallest absolute Gasteiger partial charge is 0.124 e. The van der Waals surface area contributed by atoms with E-state index < -0.39 is 0 Å². The average Bonchev–Trinajstić information content (AvgIpc) is 2.48. The molecule has 1 saturated heterocycles. The summed E-state index contributed by atoms with van der Waals surface area (Å²) in [5, 5.41) is 0. The van der Waals surface area contributed by atoms with Crippen LogP contribution in [0.3, 0.4) is 0 Å². The molecule has 1 spiro atoms. The lowest BCUT2D eigenvalue weighted by molar-refractivity contribution is -0.147. The van der Waals surface area contributed by atoms with E-state index in [4.69, 9.17) is 15.3 Å². The van der Waals surface area contributed by atoms with Crippen molar-refractivity contribution in [2.45, 2.75) is 43.7 Å². The highest BCUT2D eigenvalue weighted by Gasteiger charge is 2.44. The Balaban J connectivity index is 1.84. The second-order valence-electron chi connectivity index (χ2n) is 6.17. The molecule has 2 unspecified atom stereocenters. The molecule has 2 atom stereocenters. The number of hydrogen-bond acceptors (Lipinski definition) is 4. The number of benzene rings is 1. The fraction of sp³-hybridized carbons (Fsp3) is 0.625. The molecule has 0 amide bonds. The van der Waals surface area contributed by atoms with Crippen LogP contribution < -0.4 is 16.0 Å². The number of nitrogens with two attached hydrogens (primary N) is 1. The maximum Gasteiger partial charge on any atom is 0.124 e. The molecule has 4 nitrogen and oxygen atoms in total. The Kier molecular flexibility index (Phi) is 4.54. The minimum Gasteiger partial charge on any atom is -0.496 e. The van der Waals surface area contributed by atoms with Crippen molar-refractivity contribution in [2.75, 3.05) is 13.7 Å². The molecule has 0 aromatic heterocycles. The zero-order valence-corrected chi connectivity index (χ0v) is 14.0. The molecule has 2 fully saturated rings. The van der Waals surface area contributed by atoms with Crippen molar-refractivity contribution >= 4 is 15.9 Å². The topological polar surface area (TPSA) is 56.5 Å². The maximum absolute atomic E-state index is 6.03. The first-order valence-corrected chi connectivity index (χ1v) is 8.40. The predicted octanol–water partition coefficient (Wildman–Crippen LogP) is 3.31. The van der Waals surface area contributed by atoms with Gasteiger partial charge in [0.05, 0.1) is 18.8 Å². The van der Waals surface area contributed by atoms with Crippen molar-refractivity contribution in [2.24, 2.45) is 11.8 Å². The van der Waals surface area contributed by atoms with Gasteiger partial charge in [0.2, 0.25) is 0 Å². The zero-order valence-electron chi connectivity index (χ0n) is 12.4. The molecule has 0 bridgehead atoms. The van der Waals surface area contributed by atoms with Crippen molar-refractivity contribution in [3.8, 4) is 5.75 Å². The summed E-state index contributed by atoms with van der Waals surface area (Å²) in [5.74, 6) is 7.25. The Labute approximate surface area is 134 Å². The van der Waals surface area contributed by atoms with Gasteiger partial charge in [0, 0.05) is 16.6 Å². The number of halogens is 1. The van der Waals surface area contributed by atoms with Crippen molar-refractivity contribution in [1.29, 1.82) is 0 Å². The van der Waals surface area contributed by atoms with E-state index in [2.05, 4.69) is 27.4 Å². The van der Waals surface area contributed by atoms with Gasteiger partial charge in [-0.25, -0.2) is 0 Å². The molecule has 2 aliphatic rings. The molecule has 3 rings (SSSR count). The van der Waals surface area contributed by atoms with Crippen molar-refractivity contribution in [1.82, 2.24) is 5.43 Å². The predicted molar refractivity (Wildman–Crippen MR) is 86.0 cm³/mol. The first kappa shape index (κ1) is 15.3. The van der Waals surface area contributed by atoms with E-state index in [1.807, 2.05) is 12.1 Å². The standard InChI is InChI=1S/C16H23BrN2O2/c1-20-14-9-12(17)3-4-13(14)15(19-18)11-5-8-21-16(10-11)6-2-7-16/h3-4,9,11,15,19H,2,5-8,10,18H2,1H3. The van der Waals surface area contributed by atoms with E-state index in [0.29, 0.717) is 5.92 Å². The molecular weight excluding hydrogens is 332 g/mol. The van der Waals surface area contributed by atoms with E-state index in [1.54, 1.807) is 7.11 Å². The Hall–Kier alpha value is -0.620. The quantitative estimate of drug-likeness (QED) is 0.643. The third kappa shape index (κ3) is 2.97. The normalized spacial score (nSPS) is 25.4. The molecule has 1 aliphatic carbocycles. The van der Waals surface area contributed by atoms with Gasteiger partial charge >= 0.3 is 0 Å². The monoisotopic (exact) mass is 354 g/mol. The van der Waals surface area contributed by atoms with Gasteiger partial charge in [-0.3, -0.25) is 11.3 Å². The second kappa shape index (κ2) is 6.24. The molecule has 1 saturated carbocycles. The van der Waals surface area contributed by atoms with Crippen LogP contribution in [0.25, 0.3) is 0 Å². The third-order valence-corrected chi connectivity index (χ3v) is 5.47. The number of rotatable bonds is 4. The Morgan fingerprint density at radius 2 is 2.29 bits per heavy atom. The van der Waals surface area contributed by atoms with E-state index in [0.717, 1.165) is 35.2 Å². The molecule has 21 heavy (non-hydrogen) atoms. The highest BCUT2D eigenvalue weighted by molar-refractivity contribution is 9.10. The summed E-state index contributed by atoms with van der Waals surface area (Å²) in [6.45, 7) is 0.835. The third-order valence-electron chi connectivity index (χ3n) is 4.98. The minimum absolute atomic E-state index is 0.106. The highest BCUT2D eigenvalue weighted by Crippen LogP contribution is 2.48. The molecule has 1 aromatic carbocycles. The van der Waals surface area contributed by atoms with Gasteiger partial charge in [-0.15, -0.1) is 0 Å². The molecule has 1 heterocycles. The Morgan fingerprint density at radius 3 is 2.90 bits per heavy atom. The number of hydrogen-bond donors (Lipinski definition) is 2. The summed E-state index contributed by atoms with van der Waals surface area (Å²) in [5.41, 5.74) is 4.27. The second-order valence-corrected chi connectivity index (χ2v) is 7.08. The van der Waals surface area contributed by atoms with Crippen molar-refractivity contribution in [3.05, 3.63) is 28.2 Å². The van der Waals surface area contributed by atoms with Gasteiger partial charge in [-0.05, 0) is 50.2 Å². The molecule has 0 radical (unpaired) electrons. The Morgan fingerprint density at radius 1 is 1.48 bits per heavy atom. The zero-order chi connectivity index (χ0) is 14.9. The summed E-state index contributed by atoms with van der Waals surface area (Å²) >= 11 is 3.49. The molecular formula is C16H23BrN2O2. The largest absolute Gasteiger partial charge is 0.496 e. The fourth-order valence-electron chi connectivity index (χ4n) is 3.69. The van der Waals surface area contributed by atoms with Crippen LogP contribution >= 0.6 is 15.9 Å². The van der Waals surface area contributed by atoms with Gasteiger partial charge in [-0.1, -0.05) is 22.0 Å². The lowest BCUT2D eigenvalue weighted by Gasteiger charge is -2.48. The van der Waals surface area contributed by atoms with E-state index >= 15 is 0 Å². The van der Waals surface area contributed by atoms with Crippen LogP contribution in [-0.2, 0) is 4.74 Å². The van der Waals surface area contributed by atoms with E-state index in [1.165, 1.54) is 19.3 Å². The van der Waals surface area contributed by atoms with Gasteiger partial charge in [0.15, 0.2) is 0 Å². The number of methoxy groups -OCH3 is 1. The van der Waals surface area contributed by atoms with Crippen LogP contribution in [0.5, 0.6) is 5.75 Å². The first-order valence-electron chi connectivity index (χ1n) is 7.61. The lowest BCUT2D eigenvalue weighted by Crippen LogP contribution is -2.48. The van der Waals surface area contributed by atoms with Crippen LogP contribution in [0.15, 0.2) is 22.7 Å². The summed E-state index contributed by atoms with van der Waals surface area (Å²) in [4.78, 5) is 0. The number of nitrogens with one attached hydrogen (secondary N) is 1. The van der Waals surface area contributed by atoms with Crippen LogP contribution in [0.4, 0.5) is 0 Å². The maximum atomic E-state index is 6.03. The van der Waals surface area contributed by atoms with Crippen LogP contribution in [0.2, 0.25) is 0 Å². The molecule has 5 heteroatoms. The molecule has 1 aliphatic heterocycles. The average molecular weight is 355 g/mol. The van der Waals surface area contributed by atoms with Gasteiger partial charge in [0.25, 0.3) is 0 Å². The van der Waals surface area contributed by atoms with Crippen LogP contribution in [0, 0.1) is 5.92 Å². The van der Waals surface area contributed by atoms with E-state index in [9.17, 15) is 0 Å². The molecule has 1 aromatic rings. The minimum atomic E-state index is 0.106. The molecule has 116 valence electrons. The summed E-state index contributed by atoms with van der Waals surface area (Å²) in [6.07, 6.45) is 5.79.